The molecule has 0 spiro atoms. The number of hydrogen-bond donors (Lipinski definition) is 1. The third-order valence-electron chi connectivity index (χ3n) is 7.42. The molecular formula is C30H37BrF3N3O3. The first-order valence-electron chi connectivity index (χ1n) is 13.7. The zero-order valence-electron chi connectivity index (χ0n) is 23.2. The summed E-state index contributed by atoms with van der Waals surface area (Å²) < 4.78 is 46.3. The van der Waals surface area contributed by atoms with Crippen LogP contribution in [0.1, 0.15) is 73.9 Å². The maximum Gasteiger partial charge on any atom is 0.404 e. The molecule has 6 nitrogen and oxygen atoms in total. The molecule has 2 heterocycles. The van der Waals surface area contributed by atoms with Crippen molar-refractivity contribution in [1.29, 1.82) is 0 Å². The van der Waals surface area contributed by atoms with Crippen LogP contribution in [0.5, 0.6) is 0 Å². The van der Waals surface area contributed by atoms with Crippen LogP contribution < -0.4 is 5.32 Å². The lowest BCUT2D eigenvalue weighted by Gasteiger charge is -2.32. The van der Waals surface area contributed by atoms with Gasteiger partial charge in [0.25, 0.3) is 5.91 Å². The van der Waals surface area contributed by atoms with Crippen molar-refractivity contribution in [3.05, 3.63) is 63.6 Å². The molecule has 1 amide bonds. The predicted molar refractivity (Wildman–Crippen MR) is 152 cm³/mol. The average molecular weight is 625 g/mol. The average Bonchev–Trinajstić information content (AvgIpc) is 3.34. The highest BCUT2D eigenvalue weighted by atomic mass is 79.9. The zero-order chi connectivity index (χ0) is 29.1. The summed E-state index contributed by atoms with van der Waals surface area (Å²) in [6.07, 6.45) is -1.79. The number of anilines is 1. The molecule has 0 aromatic heterocycles. The normalized spacial score (nSPS) is 19.5. The van der Waals surface area contributed by atoms with E-state index in [1.54, 1.807) is 30.3 Å². The summed E-state index contributed by atoms with van der Waals surface area (Å²) in [5.74, 6) is -0.130. The standard InChI is InChI=1S/C30H37BrF3N3O3/c1-29(2,3)40-27(38)19-36-15-12-21(13-16-36)20-6-8-22(9-7-20)28(39)35-24-10-11-25(31)23(17-24)18-37-14-4-5-26(37)30(32,33)34/h6-11,17,21,26H,4-5,12-16,18-19H2,1-3H3,(H,35,39)/t26-/m0/s1. The zero-order valence-corrected chi connectivity index (χ0v) is 24.8. The lowest BCUT2D eigenvalue weighted by Crippen LogP contribution is -2.40. The van der Waals surface area contributed by atoms with Crippen LogP contribution in [-0.4, -0.2) is 65.7 Å². The number of nitrogens with one attached hydrogen (secondary N) is 1. The molecule has 2 aliphatic rings. The van der Waals surface area contributed by atoms with E-state index in [1.165, 1.54) is 4.90 Å². The number of carbonyl (C=O) groups excluding carboxylic acids is 2. The molecule has 2 aliphatic heterocycles. The molecule has 2 aromatic rings. The van der Waals surface area contributed by atoms with Crippen molar-refractivity contribution in [3.8, 4) is 0 Å². The minimum atomic E-state index is -4.25. The van der Waals surface area contributed by atoms with Crippen molar-refractivity contribution < 1.29 is 27.5 Å². The first-order chi connectivity index (χ1) is 18.8. The van der Waals surface area contributed by atoms with Crippen LogP contribution in [0.4, 0.5) is 18.9 Å². The molecule has 218 valence electrons. The summed E-state index contributed by atoms with van der Waals surface area (Å²) in [6.45, 7) is 8.04. The Bertz CT molecular complexity index is 1190. The van der Waals surface area contributed by atoms with E-state index in [-0.39, 0.29) is 24.8 Å². The highest BCUT2D eigenvalue weighted by Gasteiger charge is 2.45. The predicted octanol–water partition coefficient (Wildman–Crippen LogP) is 6.75. The van der Waals surface area contributed by atoms with Gasteiger partial charge >= 0.3 is 12.1 Å². The second kappa shape index (κ2) is 12.6. The lowest BCUT2D eigenvalue weighted by atomic mass is 9.89. The van der Waals surface area contributed by atoms with Crippen molar-refractivity contribution in [3.63, 3.8) is 0 Å². The number of rotatable bonds is 7. The maximum absolute atomic E-state index is 13.4. The van der Waals surface area contributed by atoms with Crippen LogP contribution in [0.15, 0.2) is 46.9 Å². The van der Waals surface area contributed by atoms with Crippen molar-refractivity contribution >= 4 is 33.5 Å². The number of likely N-dealkylation sites (tertiary alicyclic amines) is 2. The summed E-state index contributed by atoms with van der Waals surface area (Å²) in [7, 11) is 0. The van der Waals surface area contributed by atoms with Gasteiger partial charge in [-0.15, -0.1) is 0 Å². The minimum absolute atomic E-state index is 0.110. The molecule has 4 rings (SSSR count). The molecule has 0 aliphatic carbocycles. The van der Waals surface area contributed by atoms with Crippen LogP contribution in [0.2, 0.25) is 0 Å². The minimum Gasteiger partial charge on any atom is -0.459 e. The van der Waals surface area contributed by atoms with Crippen LogP contribution in [0, 0.1) is 0 Å². The van der Waals surface area contributed by atoms with Crippen LogP contribution in [-0.2, 0) is 16.1 Å². The number of esters is 1. The van der Waals surface area contributed by atoms with Gasteiger partial charge in [0.2, 0.25) is 0 Å². The van der Waals surface area contributed by atoms with Gasteiger partial charge in [-0.3, -0.25) is 19.4 Å². The third kappa shape index (κ3) is 8.30. The molecule has 10 heteroatoms. The monoisotopic (exact) mass is 623 g/mol. The number of hydrogen-bond acceptors (Lipinski definition) is 5. The fraction of sp³-hybridized carbons (Fsp3) is 0.533. The van der Waals surface area contributed by atoms with Gasteiger partial charge in [-0.1, -0.05) is 28.1 Å². The van der Waals surface area contributed by atoms with E-state index in [2.05, 4.69) is 26.1 Å². The summed E-state index contributed by atoms with van der Waals surface area (Å²) in [6, 6.07) is 11.3. The number of alkyl halides is 3. The third-order valence-corrected chi connectivity index (χ3v) is 8.20. The first kappa shape index (κ1) is 30.5. The number of benzene rings is 2. The van der Waals surface area contributed by atoms with Crippen LogP contribution in [0.3, 0.4) is 0 Å². The van der Waals surface area contributed by atoms with Crippen LogP contribution in [0.25, 0.3) is 0 Å². The Morgan fingerprint density at radius 2 is 1.68 bits per heavy atom. The number of ether oxygens (including phenoxy) is 1. The summed E-state index contributed by atoms with van der Waals surface area (Å²) in [5.41, 5.74) is 2.41. The Hall–Kier alpha value is -2.43. The molecule has 40 heavy (non-hydrogen) atoms. The van der Waals surface area contributed by atoms with E-state index < -0.39 is 17.8 Å². The van der Waals surface area contributed by atoms with E-state index in [4.69, 9.17) is 4.74 Å². The number of amides is 1. The lowest BCUT2D eigenvalue weighted by molar-refractivity contribution is -0.177. The molecule has 0 saturated carbocycles. The van der Waals surface area contributed by atoms with E-state index in [0.29, 0.717) is 46.7 Å². The van der Waals surface area contributed by atoms with Gasteiger partial charge in [-0.2, -0.15) is 13.2 Å². The molecule has 2 fully saturated rings. The van der Waals surface area contributed by atoms with Gasteiger partial charge in [-0.25, -0.2) is 0 Å². The second-order valence-corrected chi connectivity index (χ2v) is 12.5. The smallest absolute Gasteiger partial charge is 0.404 e. The van der Waals surface area contributed by atoms with E-state index in [9.17, 15) is 22.8 Å². The molecule has 1 N–H and O–H groups in total. The quantitative estimate of drug-likeness (QED) is 0.346. The van der Waals surface area contributed by atoms with Gasteiger partial charge in [-0.05, 0) is 113 Å². The molecular weight excluding hydrogens is 587 g/mol. The van der Waals surface area contributed by atoms with Crippen molar-refractivity contribution in [2.45, 2.75) is 76.7 Å². The highest BCUT2D eigenvalue weighted by molar-refractivity contribution is 9.10. The SMILES string of the molecule is CC(C)(C)OC(=O)CN1CCC(c2ccc(C(=O)Nc3ccc(Br)c(CN4CCC[C@H]4C(F)(F)F)c3)cc2)CC1. The van der Waals surface area contributed by atoms with Crippen molar-refractivity contribution in [1.82, 2.24) is 9.80 Å². The molecule has 2 saturated heterocycles. The van der Waals surface area contributed by atoms with E-state index >= 15 is 0 Å². The molecule has 0 radical (unpaired) electrons. The Labute approximate surface area is 242 Å². The topological polar surface area (TPSA) is 61.9 Å². The van der Waals surface area contributed by atoms with E-state index in [1.807, 2.05) is 32.9 Å². The molecule has 0 bridgehead atoms. The number of piperidine rings is 1. The molecule has 2 aromatic carbocycles. The van der Waals surface area contributed by atoms with Gasteiger partial charge < -0.3 is 10.1 Å². The van der Waals surface area contributed by atoms with Gasteiger partial charge in [0, 0.05) is 22.3 Å². The van der Waals surface area contributed by atoms with Gasteiger partial charge in [0.1, 0.15) is 11.6 Å². The Balaban J connectivity index is 1.31. The van der Waals surface area contributed by atoms with Gasteiger partial charge in [0.15, 0.2) is 0 Å². The fourth-order valence-electron chi connectivity index (χ4n) is 5.47. The molecule has 0 unspecified atom stereocenters. The summed E-state index contributed by atoms with van der Waals surface area (Å²) in [5, 5.41) is 2.88. The molecule has 1 atom stereocenters. The van der Waals surface area contributed by atoms with Crippen LogP contribution >= 0.6 is 15.9 Å². The Morgan fingerprint density at radius 3 is 2.30 bits per heavy atom. The Morgan fingerprint density at radius 1 is 1.00 bits per heavy atom. The van der Waals surface area contributed by atoms with Crippen molar-refractivity contribution in [2.24, 2.45) is 0 Å². The number of nitrogens with zero attached hydrogens (tertiary/aromatic N) is 2. The van der Waals surface area contributed by atoms with Gasteiger partial charge in [0.05, 0.1) is 6.54 Å². The first-order valence-corrected chi connectivity index (χ1v) is 14.5. The maximum atomic E-state index is 13.4. The summed E-state index contributed by atoms with van der Waals surface area (Å²) >= 11 is 3.45. The second-order valence-electron chi connectivity index (χ2n) is 11.7. The fourth-order valence-corrected chi connectivity index (χ4v) is 5.84. The largest absolute Gasteiger partial charge is 0.459 e. The number of halogens is 4. The van der Waals surface area contributed by atoms with E-state index in [0.717, 1.165) is 31.5 Å². The Kier molecular flexibility index (Phi) is 9.62. The van der Waals surface area contributed by atoms with Crippen molar-refractivity contribution in [2.75, 3.05) is 31.5 Å². The highest BCUT2D eigenvalue weighted by Crippen LogP contribution is 2.35. The number of carbonyl (C=O) groups is 2. The summed E-state index contributed by atoms with van der Waals surface area (Å²) in [4.78, 5) is 28.6.